The van der Waals surface area contributed by atoms with Crippen molar-refractivity contribution in [3.05, 3.63) is 0 Å². The molecule has 88 valence electrons. The van der Waals surface area contributed by atoms with Crippen LogP contribution in [0.15, 0.2) is 0 Å². The zero-order valence-corrected chi connectivity index (χ0v) is 10.8. The summed E-state index contributed by atoms with van der Waals surface area (Å²) in [5.41, 5.74) is -0.0673. The lowest BCUT2D eigenvalue weighted by Crippen LogP contribution is -2.59. The molecule has 1 amide bonds. The third-order valence-electron chi connectivity index (χ3n) is 2.85. The molecule has 0 N–H and O–H groups in total. The van der Waals surface area contributed by atoms with Gasteiger partial charge in [-0.05, 0) is 26.2 Å². The minimum Gasteiger partial charge on any atom is -0.449 e. The Labute approximate surface area is 92.8 Å². The summed E-state index contributed by atoms with van der Waals surface area (Å²) in [6, 6.07) is 0.263. The van der Waals surface area contributed by atoms with Crippen LogP contribution in [0.25, 0.3) is 0 Å². The zero-order valence-electron chi connectivity index (χ0n) is 10.8. The lowest BCUT2D eigenvalue weighted by Gasteiger charge is -2.48. The topological polar surface area (TPSA) is 29.5 Å². The predicted molar refractivity (Wildman–Crippen MR) is 60.8 cm³/mol. The SMILES string of the molecule is CC(C)(C)C1CCOC(=O)N1C(C)(C)C. The van der Waals surface area contributed by atoms with E-state index >= 15 is 0 Å². The van der Waals surface area contributed by atoms with Crippen molar-refractivity contribution in [2.24, 2.45) is 5.41 Å². The summed E-state index contributed by atoms with van der Waals surface area (Å²) < 4.78 is 5.13. The molecule has 0 aromatic heterocycles. The van der Waals surface area contributed by atoms with Gasteiger partial charge in [-0.3, -0.25) is 4.90 Å². The fourth-order valence-corrected chi connectivity index (χ4v) is 2.15. The van der Waals surface area contributed by atoms with E-state index < -0.39 is 0 Å². The first-order chi connectivity index (χ1) is 6.64. The minimum atomic E-state index is -0.173. The Balaban J connectivity index is 2.98. The van der Waals surface area contributed by atoms with Crippen molar-refractivity contribution in [3.8, 4) is 0 Å². The molecule has 1 aliphatic heterocycles. The van der Waals surface area contributed by atoms with Gasteiger partial charge in [0.2, 0.25) is 0 Å². The molecule has 0 saturated carbocycles. The van der Waals surface area contributed by atoms with Crippen molar-refractivity contribution in [2.45, 2.75) is 59.5 Å². The molecule has 0 aromatic carbocycles. The standard InChI is InChI=1S/C12H23NO2/c1-11(2,3)9-7-8-15-10(14)13(9)12(4,5)6/h9H,7-8H2,1-6H3. The number of carbonyl (C=O) groups is 1. The molecule has 0 bridgehead atoms. The first-order valence-electron chi connectivity index (χ1n) is 5.60. The lowest BCUT2D eigenvalue weighted by atomic mass is 9.81. The van der Waals surface area contributed by atoms with Crippen LogP contribution in [0, 0.1) is 5.41 Å². The van der Waals surface area contributed by atoms with Crippen molar-refractivity contribution < 1.29 is 9.53 Å². The second-order valence-corrected chi connectivity index (χ2v) is 6.33. The summed E-state index contributed by atoms with van der Waals surface area (Å²) in [7, 11) is 0. The number of amides is 1. The average molecular weight is 213 g/mol. The quantitative estimate of drug-likeness (QED) is 0.619. The smallest absolute Gasteiger partial charge is 0.410 e. The van der Waals surface area contributed by atoms with E-state index in [4.69, 9.17) is 4.74 Å². The summed E-state index contributed by atoms with van der Waals surface area (Å²) in [4.78, 5) is 13.7. The molecule has 1 heterocycles. The molecule has 0 aliphatic carbocycles. The first kappa shape index (κ1) is 12.3. The maximum absolute atomic E-state index is 11.8. The highest BCUT2D eigenvalue weighted by molar-refractivity contribution is 5.69. The van der Waals surface area contributed by atoms with Gasteiger partial charge in [-0.15, -0.1) is 0 Å². The minimum absolute atomic E-state index is 0.104. The van der Waals surface area contributed by atoms with Gasteiger partial charge in [-0.25, -0.2) is 4.79 Å². The highest BCUT2D eigenvalue weighted by atomic mass is 16.6. The fraction of sp³-hybridized carbons (Fsp3) is 0.917. The number of carbonyl (C=O) groups excluding carboxylic acids is 1. The monoisotopic (exact) mass is 213 g/mol. The Hall–Kier alpha value is -0.730. The van der Waals surface area contributed by atoms with Gasteiger partial charge in [0.1, 0.15) is 0 Å². The van der Waals surface area contributed by atoms with E-state index in [1.165, 1.54) is 0 Å². The largest absolute Gasteiger partial charge is 0.449 e. The molecule has 1 atom stereocenters. The van der Waals surface area contributed by atoms with Gasteiger partial charge in [0.25, 0.3) is 0 Å². The van der Waals surface area contributed by atoms with Crippen LogP contribution >= 0.6 is 0 Å². The second-order valence-electron chi connectivity index (χ2n) is 6.33. The molecule has 1 rings (SSSR count). The number of ether oxygens (including phenoxy) is 1. The van der Waals surface area contributed by atoms with Gasteiger partial charge in [0, 0.05) is 18.0 Å². The molecule has 3 heteroatoms. The molecular formula is C12H23NO2. The summed E-state index contributed by atoms with van der Waals surface area (Å²) in [6.45, 7) is 13.2. The number of rotatable bonds is 0. The maximum Gasteiger partial charge on any atom is 0.410 e. The van der Waals surface area contributed by atoms with E-state index in [9.17, 15) is 4.79 Å². The molecule has 1 aliphatic rings. The van der Waals surface area contributed by atoms with Gasteiger partial charge in [-0.2, -0.15) is 0 Å². The van der Waals surface area contributed by atoms with Crippen LogP contribution in [-0.4, -0.2) is 29.2 Å². The second kappa shape index (κ2) is 3.69. The van der Waals surface area contributed by atoms with E-state index in [-0.39, 0.29) is 23.1 Å². The molecule has 1 fully saturated rings. The van der Waals surface area contributed by atoms with E-state index in [2.05, 4.69) is 41.5 Å². The van der Waals surface area contributed by atoms with Crippen LogP contribution in [-0.2, 0) is 4.74 Å². The fourth-order valence-electron chi connectivity index (χ4n) is 2.15. The maximum atomic E-state index is 11.8. The average Bonchev–Trinajstić information content (AvgIpc) is 1.99. The molecule has 0 radical (unpaired) electrons. The molecule has 1 saturated heterocycles. The van der Waals surface area contributed by atoms with Crippen LogP contribution in [0.3, 0.4) is 0 Å². The highest BCUT2D eigenvalue weighted by Gasteiger charge is 2.42. The molecule has 15 heavy (non-hydrogen) atoms. The van der Waals surface area contributed by atoms with Crippen molar-refractivity contribution >= 4 is 6.09 Å². The Kier molecular flexibility index (Phi) is 3.04. The van der Waals surface area contributed by atoms with E-state index in [0.29, 0.717) is 6.61 Å². The van der Waals surface area contributed by atoms with E-state index in [0.717, 1.165) is 6.42 Å². The Morgan fingerprint density at radius 3 is 2.07 bits per heavy atom. The Morgan fingerprint density at radius 2 is 1.73 bits per heavy atom. The van der Waals surface area contributed by atoms with E-state index in [1.807, 2.05) is 4.90 Å². The van der Waals surface area contributed by atoms with Crippen LogP contribution < -0.4 is 0 Å². The Morgan fingerprint density at radius 1 is 1.20 bits per heavy atom. The van der Waals surface area contributed by atoms with Gasteiger partial charge < -0.3 is 4.74 Å². The molecule has 1 unspecified atom stereocenters. The summed E-state index contributed by atoms with van der Waals surface area (Å²) in [6.07, 6.45) is 0.751. The van der Waals surface area contributed by atoms with Crippen LogP contribution in [0.1, 0.15) is 48.0 Å². The lowest BCUT2D eigenvalue weighted by molar-refractivity contribution is -0.0304. The summed E-state index contributed by atoms with van der Waals surface area (Å²) in [5.74, 6) is 0. The van der Waals surface area contributed by atoms with Crippen molar-refractivity contribution in [2.75, 3.05) is 6.61 Å². The van der Waals surface area contributed by atoms with Crippen molar-refractivity contribution in [3.63, 3.8) is 0 Å². The normalized spacial score (nSPS) is 24.0. The highest BCUT2D eigenvalue weighted by Crippen LogP contribution is 2.34. The number of cyclic esters (lactones) is 1. The van der Waals surface area contributed by atoms with Crippen LogP contribution in [0.5, 0.6) is 0 Å². The van der Waals surface area contributed by atoms with Crippen LogP contribution in [0.2, 0.25) is 0 Å². The van der Waals surface area contributed by atoms with Gasteiger partial charge in [0.15, 0.2) is 0 Å². The summed E-state index contributed by atoms with van der Waals surface area (Å²) in [5, 5.41) is 0. The molecule has 0 spiro atoms. The number of nitrogens with zero attached hydrogens (tertiary/aromatic N) is 1. The van der Waals surface area contributed by atoms with Gasteiger partial charge >= 0.3 is 6.09 Å². The zero-order chi connectivity index (χ0) is 11.9. The third kappa shape index (κ3) is 2.64. The number of hydrogen-bond donors (Lipinski definition) is 0. The number of hydrogen-bond acceptors (Lipinski definition) is 2. The molecule has 3 nitrogen and oxygen atoms in total. The first-order valence-corrected chi connectivity index (χ1v) is 5.60. The van der Waals surface area contributed by atoms with E-state index in [1.54, 1.807) is 0 Å². The molecular weight excluding hydrogens is 190 g/mol. The predicted octanol–water partition coefficient (Wildman–Crippen LogP) is 3.04. The van der Waals surface area contributed by atoms with Crippen molar-refractivity contribution in [1.82, 2.24) is 4.90 Å². The van der Waals surface area contributed by atoms with Gasteiger partial charge in [0.05, 0.1) is 6.61 Å². The third-order valence-corrected chi connectivity index (χ3v) is 2.85. The summed E-state index contributed by atoms with van der Waals surface area (Å²) >= 11 is 0. The molecule has 0 aromatic rings. The van der Waals surface area contributed by atoms with Gasteiger partial charge in [-0.1, -0.05) is 20.8 Å². The van der Waals surface area contributed by atoms with Crippen LogP contribution in [0.4, 0.5) is 4.79 Å². The van der Waals surface area contributed by atoms with Crippen molar-refractivity contribution in [1.29, 1.82) is 0 Å². The Bertz CT molecular complexity index is 247.